The minimum atomic E-state index is -0.0909. The number of hydrogen-bond donors (Lipinski definition) is 1. The van der Waals surface area contributed by atoms with Crippen molar-refractivity contribution in [2.24, 2.45) is 0 Å². The molecule has 0 aromatic heterocycles. The molecule has 72 valence electrons. The van der Waals surface area contributed by atoms with Crippen LogP contribution in [0.5, 0.6) is 0 Å². The molecule has 1 amide bonds. The first-order valence-electron chi connectivity index (χ1n) is 3.86. The monoisotopic (exact) mass is 175 g/mol. The van der Waals surface area contributed by atoms with Gasteiger partial charge in [0.1, 0.15) is 6.29 Å². The standard InChI is InChI=1S/C5H9NO2.C3H8O/c1-5(8)6-3-2-4-7;1-3-4-2/h4H,2-3H2,1H3,(H,6,8);3H2,1-2H3. The second-order valence-corrected chi connectivity index (χ2v) is 2.02. The molecule has 0 atom stereocenters. The van der Waals surface area contributed by atoms with Gasteiger partial charge in [-0.15, -0.1) is 0 Å². The van der Waals surface area contributed by atoms with Crippen molar-refractivity contribution in [2.45, 2.75) is 20.3 Å². The Kier molecular flexibility index (Phi) is 14.5. The van der Waals surface area contributed by atoms with Gasteiger partial charge in [-0.3, -0.25) is 4.79 Å². The van der Waals surface area contributed by atoms with Crippen LogP contribution < -0.4 is 5.32 Å². The molecule has 4 heteroatoms. The minimum absolute atomic E-state index is 0.0909. The SMILES string of the molecule is CC(=O)NCCC=O.CCOC. The van der Waals surface area contributed by atoms with E-state index < -0.39 is 0 Å². The van der Waals surface area contributed by atoms with E-state index in [9.17, 15) is 9.59 Å². The molecule has 0 heterocycles. The summed E-state index contributed by atoms with van der Waals surface area (Å²) in [7, 11) is 1.68. The Morgan fingerprint density at radius 1 is 1.58 bits per heavy atom. The van der Waals surface area contributed by atoms with Crippen molar-refractivity contribution in [2.75, 3.05) is 20.3 Å². The van der Waals surface area contributed by atoms with Crippen LogP contribution in [0.3, 0.4) is 0 Å². The Morgan fingerprint density at radius 3 is 2.33 bits per heavy atom. The van der Waals surface area contributed by atoms with Crippen LogP contribution in [0.2, 0.25) is 0 Å². The summed E-state index contributed by atoms with van der Waals surface area (Å²) >= 11 is 0. The summed E-state index contributed by atoms with van der Waals surface area (Å²) < 4.78 is 4.54. The van der Waals surface area contributed by atoms with Crippen LogP contribution in [0.1, 0.15) is 20.3 Å². The average molecular weight is 175 g/mol. The van der Waals surface area contributed by atoms with Gasteiger partial charge < -0.3 is 14.8 Å². The van der Waals surface area contributed by atoms with E-state index in [1.165, 1.54) is 6.92 Å². The van der Waals surface area contributed by atoms with E-state index >= 15 is 0 Å². The van der Waals surface area contributed by atoms with Crippen LogP contribution in [0, 0.1) is 0 Å². The van der Waals surface area contributed by atoms with Gasteiger partial charge in [0.2, 0.25) is 5.91 Å². The van der Waals surface area contributed by atoms with Crippen molar-refractivity contribution in [3.8, 4) is 0 Å². The lowest BCUT2D eigenvalue weighted by molar-refractivity contribution is -0.119. The van der Waals surface area contributed by atoms with E-state index in [1.54, 1.807) is 7.11 Å². The Hall–Kier alpha value is -0.900. The van der Waals surface area contributed by atoms with Crippen molar-refractivity contribution in [1.82, 2.24) is 5.32 Å². The molecule has 0 saturated heterocycles. The number of rotatable bonds is 4. The number of amides is 1. The third kappa shape index (κ3) is 23.0. The van der Waals surface area contributed by atoms with Crippen LogP contribution in [-0.4, -0.2) is 32.5 Å². The fourth-order valence-corrected chi connectivity index (χ4v) is 0.307. The van der Waals surface area contributed by atoms with Gasteiger partial charge in [0.25, 0.3) is 0 Å². The number of hydrogen-bond acceptors (Lipinski definition) is 3. The highest BCUT2D eigenvalue weighted by Gasteiger charge is 1.85. The topological polar surface area (TPSA) is 55.4 Å². The normalized spacial score (nSPS) is 7.92. The van der Waals surface area contributed by atoms with Gasteiger partial charge >= 0.3 is 0 Å². The van der Waals surface area contributed by atoms with Crippen LogP contribution in [0.25, 0.3) is 0 Å². The zero-order valence-corrected chi connectivity index (χ0v) is 7.92. The van der Waals surface area contributed by atoms with E-state index in [0.29, 0.717) is 13.0 Å². The quantitative estimate of drug-likeness (QED) is 0.496. The molecular formula is C8H17NO3. The molecule has 12 heavy (non-hydrogen) atoms. The summed E-state index contributed by atoms with van der Waals surface area (Å²) in [6.07, 6.45) is 1.18. The summed E-state index contributed by atoms with van der Waals surface area (Å²) in [5.74, 6) is -0.0909. The maximum Gasteiger partial charge on any atom is 0.216 e. The number of ether oxygens (including phenoxy) is 1. The average Bonchev–Trinajstić information content (AvgIpc) is 2.05. The molecule has 1 N–H and O–H groups in total. The predicted octanol–water partition coefficient (Wildman–Crippen LogP) is 0.364. The fourth-order valence-electron chi connectivity index (χ4n) is 0.307. The lowest BCUT2D eigenvalue weighted by Gasteiger charge is -1.93. The summed E-state index contributed by atoms with van der Waals surface area (Å²) in [5, 5.41) is 2.48. The fraction of sp³-hybridized carbons (Fsp3) is 0.750. The van der Waals surface area contributed by atoms with Crippen molar-refractivity contribution in [1.29, 1.82) is 0 Å². The molecule has 0 spiro atoms. The van der Waals surface area contributed by atoms with Gasteiger partial charge in [-0.2, -0.15) is 0 Å². The number of nitrogens with one attached hydrogen (secondary N) is 1. The lowest BCUT2D eigenvalue weighted by Crippen LogP contribution is -2.20. The van der Waals surface area contributed by atoms with Crippen LogP contribution in [0.15, 0.2) is 0 Å². The highest BCUT2D eigenvalue weighted by molar-refractivity contribution is 5.73. The van der Waals surface area contributed by atoms with Crippen LogP contribution >= 0.6 is 0 Å². The number of aldehydes is 1. The third-order valence-electron chi connectivity index (χ3n) is 0.925. The second-order valence-electron chi connectivity index (χ2n) is 2.02. The Morgan fingerprint density at radius 2 is 2.08 bits per heavy atom. The van der Waals surface area contributed by atoms with E-state index in [4.69, 9.17) is 0 Å². The molecule has 0 unspecified atom stereocenters. The molecule has 0 aromatic rings. The smallest absolute Gasteiger partial charge is 0.216 e. The second kappa shape index (κ2) is 12.7. The van der Waals surface area contributed by atoms with Gasteiger partial charge in [-0.1, -0.05) is 0 Å². The summed E-state index contributed by atoms with van der Waals surface area (Å²) in [6, 6.07) is 0. The van der Waals surface area contributed by atoms with Gasteiger partial charge in [-0.05, 0) is 6.92 Å². The molecule has 0 bridgehead atoms. The molecule has 0 aromatic carbocycles. The largest absolute Gasteiger partial charge is 0.385 e. The third-order valence-corrected chi connectivity index (χ3v) is 0.925. The molecule has 0 aliphatic rings. The first-order chi connectivity index (χ1) is 5.68. The summed E-state index contributed by atoms with van der Waals surface area (Å²) in [6.45, 7) is 4.66. The Balaban J connectivity index is 0. The Bertz CT molecular complexity index is 113. The van der Waals surface area contributed by atoms with E-state index in [-0.39, 0.29) is 5.91 Å². The first kappa shape index (κ1) is 13.7. The molecule has 0 radical (unpaired) electrons. The van der Waals surface area contributed by atoms with E-state index in [1.807, 2.05) is 6.92 Å². The summed E-state index contributed by atoms with van der Waals surface area (Å²) in [5.41, 5.74) is 0. The molecule has 0 aliphatic heterocycles. The Labute approximate surface area is 73.3 Å². The lowest BCUT2D eigenvalue weighted by atomic mass is 10.5. The molecule has 0 fully saturated rings. The highest BCUT2D eigenvalue weighted by Crippen LogP contribution is 1.65. The number of methoxy groups -OCH3 is 1. The van der Waals surface area contributed by atoms with Crippen LogP contribution in [-0.2, 0) is 14.3 Å². The van der Waals surface area contributed by atoms with Gasteiger partial charge in [0, 0.05) is 33.6 Å². The maximum absolute atomic E-state index is 10.1. The van der Waals surface area contributed by atoms with Crippen LogP contribution in [0.4, 0.5) is 0 Å². The van der Waals surface area contributed by atoms with Gasteiger partial charge in [0.15, 0.2) is 0 Å². The zero-order valence-electron chi connectivity index (χ0n) is 7.92. The highest BCUT2D eigenvalue weighted by atomic mass is 16.5. The van der Waals surface area contributed by atoms with Crippen molar-refractivity contribution in [3.05, 3.63) is 0 Å². The van der Waals surface area contributed by atoms with Gasteiger partial charge in [0.05, 0.1) is 0 Å². The first-order valence-corrected chi connectivity index (χ1v) is 3.86. The molecule has 4 nitrogen and oxygen atoms in total. The van der Waals surface area contributed by atoms with Crippen molar-refractivity contribution in [3.63, 3.8) is 0 Å². The predicted molar refractivity (Wildman–Crippen MR) is 46.9 cm³/mol. The van der Waals surface area contributed by atoms with E-state index in [0.717, 1.165) is 12.9 Å². The van der Waals surface area contributed by atoms with E-state index in [2.05, 4.69) is 10.1 Å². The van der Waals surface area contributed by atoms with Gasteiger partial charge in [-0.25, -0.2) is 0 Å². The molecular weight excluding hydrogens is 158 g/mol. The summed E-state index contributed by atoms with van der Waals surface area (Å²) in [4.78, 5) is 19.7. The maximum atomic E-state index is 10.1. The van der Waals surface area contributed by atoms with Crippen molar-refractivity contribution >= 4 is 12.2 Å². The minimum Gasteiger partial charge on any atom is -0.385 e. The molecule has 0 aliphatic carbocycles. The number of carbonyl (C=O) groups excluding carboxylic acids is 2. The zero-order chi connectivity index (χ0) is 9.82. The number of carbonyl (C=O) groups is 2. The van der Waals surface area contributed by atoms with Crippen molar-refractivity contribution < 1.29 is 14.3 Å². The molecule has 0 saturated carbocycles. The molecule has 0 rings (SSSR count).